The summed E-state index contributed by atoms with van der Waals surface area (Å²) in [5.41, 5.74) is 0.882. The number of carbonyl (C=O) groups is 5. The van der Waals surface area contributed by atoms with Crippen LogP contribution >= 0.6 is 11.3 Å². The number of carboxylic acid groups (broad SMARTS) is 5. The van der Waals surface area contributed by atoms with E-state index in [1.807, 2.05) is 37.6 Å². The summed E-state index contributed by atoms with van der Waals surface area (Å²) in [7, 11) is 0. The first-order chi connectivity index (χ1) is 17.2. The lowest BCUT2D eigenvalue weighted by atomic mass is 10.1. The maximum atomic E-state index is 10.1. The van der Waals surface area contributed by atoms with E-state index < -0.39 is 29.8 Å². The van der Waals surface area contributed by atoms with Gasteiger partial charge in [-0.15, -0.1) is 0 Å². The predicted octanol–water partition coefficient (Wildman–Crippen LogP) is 6.28. The van der Waals surface area contributed by atoms with Gasteiger partial charge >= 0.3 is 23.9 Å². The van der Waals surface area contributed by atoms with Crippen molar-refractivity contribution in [2.75, 3.05) is 0 Å². The van der Waals surface area contributed by atoms with Crippen LogP contribution in [0.15, 0.2) is 16.8 Å². The highest BCUT2D eigenvalue weighted by atomic mass is 32.1. The summed E-state index contributed by atoms with van der Waals surface area (Å²) < 4.78 is 0. The van der Waals surface area contributed by atoms with Crippen LogP contribution in [0.4, 0.5) is 0 Å². The van der Waals surface area contributed by atoms with Crippen molar-refractivity contribution in [3.8, 4) is 0 Å². The van der Waals surface area contributed by atoms with Crippen LogP contribution in [0.25, 0.3) is 0 Å². The van der Waals surface area contributed by atoms with Crippen molar-refractivity contribution in [3.05, 3.63) is 22.4 Å². The molecule has 11 heteroatoms. The minimum Gasteiger partial charge on any atom is -0.481 e. The molecule has 1 aromatic rings. The van der Waals surface area contributed by atoms with E-state index in [-0.39, 0.29) is 12.8 Å². The number of aliphatic carboxylic acids is 5. The van der Waals surface area contributed by atoms with Crippen molar-refractivity contribution in [2.45, 2.75) is 105 Å². The van der Waals surface area contributed by atoms with Crippen LogP contribution in [0.3, 0.4) is 0 Å². The molecule has 1 fully saturated rings. The summed E-state index contributed by atoms with van der Waals surface area (Å²) in [5, 5.41) is 43.3. The molecule has 5 N–H and O–H groups in total. The first-order valence-electron chi connectivity index (χ1n) is 12.3. The fourth-order valence-corrected chi connectivity index (χ4v) is 2.78. The van der Waals surface area contributed by atoms with Crippen LogP contribution in [-0.4, -0.2) is 55.4 Å². The van der Waals surface area contributed by atoms with Gasteiger partial charge in [-0.3, -0.25) is 24.0 Å². The van der Waals surface area contributed by atoms with Gasteiger partial charge in [-0.2, -0.15) is 11.3 Å². The Morgan fingerprint density at radius 1 is 0.811 bits per heavy atom. The summed E-state index contributed by atoms with van der Waals surface area (Å²) in [5.74, 6) is -3.43. The number of hydrogen-bond donors (Lipinski definition) is 5. The summed E-state index contributed by atoms with van der Waals surface area (Å²) in [4.78, 5) is 48.0. The number of thiophene rings is 1. The lowest BCUT2D eigenvalue weighted by molar-refractivity contribution is -0.138. The maximum Gasteiger partial charge on any atom is 0.307 e. The quantitative estimate of drug-likeness (QED) is 0.246. The highest BCUT2D eigenvalue weighted by molar-refractivity contribution is 7.07. The minimum absolute atomic E-state index is 0.142. The Kier molecular flexibility index (Phi) is 34.6. The zero-order valence-corrected chi connectivity index (χ0v) is 23.6. The number of carboxylic acids is 5. The van der Waals surface area contributed by atoms with E-state index >= 15 is 0 Å². The molecule has 0 aromatic carbocycles. The second kappa shape index (κ2) is 31.1. The van der Waals surface area contributed by atoms with Gasteiger partial charge in [0.15, 0.2) is 0 Å². The Bertz CT molecular complexity index is 687. The molecule has 1 aromatic heterocycles. The predicted molar refractivity (Wildman–Crippen MR) is 144 cm³/mol. The minimum atomic E-state index is -0.833. The average molecular weight is 551 g/mol. The Morgan fingerprint density at radius 2 is 1.24 bits per heavy atom. The van der Waals surface area contributed by atoms with E-state index in [2.05, 4.69) is 0 Å². The van der Waals surface area contributed by atoms with Crippen LogP contribution < -0.4 is 0 Å². The molecule has 0 amide bonds. The lowest BCUT2D eigenvalue weighted by Gasteiger charge is -2.00. The third kappa shape index (κ3) is 55.1. The summed E-state index contributed by atoms with van der Waals surface area (Å²) >= 11 is 1.52. The maximum absolute atomic E-state index is 10.1. The first kappa shape index (κ1) is 41.2. The van der Waals surface area contributed by atoms with Gasteiger partial charge < -0.3 is 25.5 Å². The lowest BCUT2D eigenvalue weighted by Crippen LogP contribution is -2.02. The Labute approximate surface area is 224 Å². The van der Waals surface area contributed by atoms with Crippen LogP contribution in [0.1, 0.15) is 104 Å². The third-order valence-electron chi connectivity index (χ3n) is 4.17. The number of rotatable bonds is 8. The van der Waals surface area contributed by atoms with Crippen molar-refractivity contribution in [1.29, 1.82) is 0 Å². The largest absolute Gasteiger partial charge is 0.481 e. The smallest absolute Gasteiger partial charge is 0.307 e. The van der Waals surface area contributed by atoms with Gasteiger partial charge in [0, 0.05) is 26.2 Å². The fraction of sp³-hybridized carbons (Fsp3) is 0.654. The normalized spacial score (nSPS) is 11.4. The van der Waals surface area contributed by atoms with E-state index in [1.165, 1.54) is 43.4 Å². The van der Waals surface area contributed by atoms with Crippen LogP contribution in [0, 0.1) is 5.92 Å². The molecular weight excluding hydrogens is 504 g/mol. The van der Waals surface area contributed by atoms with E-state index in [0.717, 1.165) is 25.3 Å². The molecule has 37 heavy (non-hydrogen) atoms. The van der Waals surface area contributed by atoms with Crippen LogP contribution in [0.2, 0.25) is 0 Å². The molecule has 2 rings (SSSR count). The van der Waals surface area contributed by atoms with Gasteiger partial charge in [0.1, 0.15) is 0 Å². The standard InChI is InChI=1S/C6H6O2S.C6H12O2.C5H10.C4H8O2.C3H6O2.C2H4O2/c7-6(8)3-5-1-2-9-4-5;1-3-5(2)4-6(7)8;1-2-4-5-3-1;1-2-3-4(5)6;1-2-3(4)5;1-2(3)4/h1-2,4H,3H2,(H,7,8);5H,3-4H2,1-2H3,(H,7,8);1-5H2;2-3H2,1H3,(H,5,6);2H2,1H3,(H,4,5);1H3,(H,3,4). The van der Waals surface area contributed by atoms with E-state index in [0.29, 0.717) is 18.8 Å². The summed E-state index contributed by atoms with van der Waals surface area (Å²) in [6.45, 7) is 8.46. The molecule has 0 bridgehead atoms. The topological polar surface area (TPSA) is 186 Å². The molecule has 10 nitrogen and oxygen atoms in total. The molecular formula is C26H46O10S. The molecule has 1 saturated carbocycles. The monoisotopic (exact) mass is 550 g/mol. The summed E-state index contributed by atoms with van der Waals surface area (Å²) in [6.07, 6.45) is 10.1. The molecule has 1 aliphatic rings. The molecule has 1 heterocycles. The van der Waals surface area contributed by atoms with E-state index in [9.17, 15) is 19.2 Å². The molecule has 0 radical (unpaired) electrons. The van der Waals surface area contributed by atoms with Crippen molar-refractivity contribution in [3.63, 3.8) is 0 Å². The third-order valence-corrected chi connectivity index (χ3v) is 4.90. The summed E-state index contributed by atoms with van der Waals surface area (Å²) in [6, 6.07) is 1.82. The van der Waals surface area contributed by atoms with Crippen LogP contribution in [0.5, 0.6) is 0 Å². The molecule has 1 aliphatic carbocycles. The second-order valence-electron chi connectivity index (χ2n) is 7.99. The Balaban J connectivity index is -0.000000181. The molecule has 0 saturated heterocycles. The highest BCUT2D eigenvalue weighted by Crippen LogP contribution is 2.15. The van der Waals surface area contributed by atoms with Crippen molar-refractivity contribution in [2.24, 2.45) is 5.92 Å². The van der Waals surface area contributed by atoms with Gasteiger partial charge in [0.2, 0.25) is 0 Å². The highest BCUT2D eigenvalue weighted by Gasteiger charge is 2.02. The van der Waals surface area contributed by atoms with Gasteiger partial charge in [-0.25, -0.2) is 0 Å². The SMILES string of the molecule is C1CCCC1.CC(=O)O.CCC(=O)O.CCC(C)CC(=O)O.CCCC(=O)O.O=C(O)Cc1ccsc1. The van der Waals surface area contributed by atoms with E-state index in [1.54, 1.807) is 6.92 Å². The van der Waals surface area contributed by atoms with Crippen molar-refractivity contribution in [1.82, 2.24) is 0 Å². The van der Waals surface area contributed by atoms with Gasteiger partial charge in [0.25, 0.3) is 5.97 Å². The number of hydrogen-bond acceptors (Lipinski definition) is 6. The zero-order valence-electron chi connectivity index (χ0n) is 22.8. The van der Waals surface area contributed by atoms with Crippen LogP contribution in [-0.2, 0) is 30.4 Å². The van der Waals surface area contributed by atoms with Crippen molar-refractivity contribution < 1.29 is 49.5 Å². The molecule has 1 unspecified atom stereocenters. The molecule has 0 aliphatic heterocycles. The van der Waals surface area contributed by atoms with Crippen molar-refractivity contribution >= 4 is 41.2 Å². The molecule has 1 atom stereocenters. The fourth-order valence-electron chi connectivity index (χ4n) is 2.11. The van der Waals surface area contributed by atoms with Gasteiger partial charge in [0.05, 0.1) is 6.42 Å². The van der Waals surface area contributed by atoms with Gasteiger partial charge in [-0.1, -0.05) is 66.2 Å². The molecule has 216 valence electrons. The molecule has 0 spiro atoms. The zero-order chi connectivity index (χ0) is 29.6. The van der Waals surface area contributed by atoms with E-state index in [4.69, 9.17) is 30.3 Å². The first-order valence-corrected chi connectivity index (χ1v) is 13.2. The van der Waals surface area contributed by atoms with Gasteiger partial charge in [-0.05, 0) is 34.7 Å². The average Bonchev–Trinajstić information content (AvgIpc) is 3.51. The second-order valence-corrected chi connectivity index (χ2v) is 8.77. The Morgan fingerprint density at radius 3 is 1.41 bits per heavy atom. The Hall–Kier alpha value is -2.95.